The highest BCUT2D eigenvalue weighted by Crippen LogP contribution is 2.33. The zero-order valence-corrected chi connectivity index (χ0v) is 11.9. The highest BCUT2D eigenvalue weighted by Gasteiger charge is 2.38. The number of likely N-dealkylation sites (tertiary alicyclic amines) is 1. The second kappa shape index (κ2) is 5.52. The largest absolute Gasteiger partial charge is 0.333 e. The molecule has 3 nitrogen and oxygen atoms in total. The van der Waals surface area contributed by atoms with E-state index in [0.29, 0.717) is 17.6 Å². The third-order valence-corrected chi connectivity index (χ3v) is 4.33. The van der Waals surface area contributed by atoms with Gasteiger partial charge in [-0.1, -0.05) is 6.07 Å². The third-order valence-electron chi connectivity index (χ3n) is 4.33. The van der Waals surface area contributed by atoms with Gasteiger partial charge in [0, 0.05) is 17.6 Å². The number of rotatable bonds is 3. The van der Waals surface area contributed by atoms with Crippen molar-refractivity contribution in [2.75, 3.05) is 20.1 Å². The standard InChI is InChI=1S/C16H21FN2O/c1-18-9-7-15(8-10-18)19(14-5-6-14)16(20)12-3-2-4-13(17)11-12/h2-4,11,14-15H,5-10H2,1H3. The molecule has 2 aliphatic rings. The Labute approximate surface area is 119 Å². The fraction of sp³-hybridized carbons (Fsp3) is 0.562. The van der Waals surface area contributed by atoms with Gasteiger partial charge in [-0.15, -0.1) is 0 Å². The van der Waals surface area contributed by atoms with Crippen molar-refractivity contribution in [3.8, 4) is 0 Å². The summed E-state index contributed by atoms with van der Waals surface area (Å²) in [6, 6.07) is 6.76. The summed E-state index contributed by atoms with van der Waals surface area (Å²) in [5.74, 6) is -0.337. The molecule has 0 spiro atoms. The van der Waals surface area contributed by atoms with Crippen LogP contribution in [0.15, 0.2) is 24.3 Å². The summed E-state index contributed by atoms with van der Waals surface area (Å²) >= 11 is 0. The van der Waals surface area contributed by atoms with Gasteiger partial charge in [-0.2, -0.15) is 0 Å². The minimum absolute atomic E-state index is 0.00144. The van der Waals surface area contributed by atoms with Gasteiger partial charge in [0.25, 0.3) is 5.91 Å². The van der Waals surface area contributed by atoms with E-state index in [4.69, 9.17) is 0 Å². The second-order valence-electron chi connectivity index (χ2n) is 5.99. The lowest BCUT2D eigenvalue weighted by molar-refractivity contribution is 0.0569. The predicted octanol–water partition coefficient (Wildman–Crippen LogP) is 2.52. The van der Waals surface area contributed by atoms with Crippen LogP contribution in [-0.2, 0) is 0 Å². The molecule has 108 valence electrons. The lowest BCUT2D eigenvalue weighted by Crippen LogP contribution is -2.47. The Bertz CT molecular complexity index is 493. The zero-order chi connectivity index (χ0) is 14.1. The van der Waals surface area contributed by atoms with Crippen LogP contribution in [0.1, 0.15) is 36.0 Å². The van der Waals surface area contributed by atoms with Crippen molar-refractivity contribution < 1.29 is 9.18 Å². The maximum atomic E-state index is 13.3. The molecule has 0 aromatic heterocycles. The van der Waals surface area contributed by atoms with Crippen molar-refractivity contribution in [1.82, 2.24) is 9.80 Å². The topological polar surface area (TPSA) is 23.6 Å². The van der Waals surface area contributed by atoms with E-state index in [2.05, 4.69) is 11.9 Å². The van der Waals surface area contributed by atoms with Crippen LogP contribution in [0, 0.1) is 5.82 Å². The lowest BCUT2D eigenvalue weighted by Gasteiger charge is -2.37. The molecule has 0 unspecified atom stereocenters. The molecule has 20 heavy (non-hydrogen) atoms. The summed E-state index contributed by atoms with van der Waals surface area (Å²) in [5.41, 5.74) is 0.482. The van der Waals surface area contributed by atoms with Gasteiger partial charge in [-0.3, -0.25) is 4.79 Å². The van der Waals surface area contributed by atoms with Crippen molar-refractivity contribution in [3.63, 3.8) is 0 Å². The van der Waals surface area contributed by atoms with Crippen LogP contribution in [0.2, 0.25) is 0 Å². The summed E-state index contributed by atoms with van der Waals surface area (Å²) in [4.78, 5) is 17.0. The average molecular weight is 276 g/mol. The SMILES string of the molecule is CN1CCC(N(C(=O)c2cccc(F)c2)C2CC2)CC1. The van der Waals surface area contributed by atoms with E-state index in [1.54, 1.807) is 12.1 Å². The van der Waals surface area contributed by atoms with E-state index in [-0.39, 0.29) is 11.7 Å². The van der Waals surface area contributed by atoms with E-state index in [9.17, 15) is 9.18 Å². The number of carbonyl (C=O) groups excluding carboxylic acids is 1. The third kappa shape index (κ3) is 2.85. The van der Waals surface area contributed by atoms with Crippen LogP contribution in [0.3, 0.4) is 0 Å². The summed E-state index contributed by atoms with van der Waals surface area (Å²) < 4.78 is 13.3. The first-order chi connectivity index (χ1) is 9.65. The smallest absolute Gasteiger partial charge is 0.254 e. The normalized spacial score (nSPS) is 20.9. The van der Waals surface area contributed by atoms with Crippen LogP contribution in [0.5, 0.6) is 0 Å². The fourth-order valence-corrected chi connectivity index (χ4v) is 3.03. The Balaban J connectivity index is 1.78. The van der Waals surface area contributed by atoms with Gasteiger partial charge in [-0.05, 0) is 64.0 Å². The summed E-state index contributed by atoms with van der Waals surface area (Å²) in [5, 5.41) is 0. The Morgan fingerprint density at radius 3 is 2.45 bits per heavy atom. The Hall–Kier alpha value is -1.42. The number of benzene rings is 1. The highest BCUT2D eigenvalue weighted by atomic mass is 19.1. The molecule has 1 saturated heterocycles. The number of carbonyl (C=O) groups is 1. The molecule has 0 bridgehead atoms. The number of hydrogen-bond acceptors (Lipinski definition) is 2. The van der Waals surface area contributed by atoms with E-state index in [1.165, 1.54) is 12.1 Å². The Morgan fingerprint density at radius 2 is 1.85 bits per heavy atom. The second-order valence-corrected chi connectivity index (χ2v) is 5.99. The molecule has 0 radical (unpaired) electrons. The molecule has 3 rings (SSSR count). The van der Waals surface area contributed by atoms with Crippen molar-refractivity contribution in [2.45, 2.75) is 37.8 Å². The van der Waals surface area contributed by atoms with Crippen molar-refractivity contribution in [3.05, 3.63) is 35.6 Å². The summed E-state index contributed by atoms with van der Waals surface area (Å²) in [7, 11) is 2.12. The maximum absolute atomic E-state index is 13.3. The van der Waals surface area contributed by atoms with E-state index >= 15 is 0 Å². The van der Waals surface area contributed by atoms with Crippen molar-refractivity contribution in [1.29, 1.82) is 0 Å². The molecule has 0 atom stereocenters. The average Bonchev–Trinajstić information content (AvgIpc) is 3.26. The van der Waals surface area contributed by atoms with Gasteiger partial charge < -0.3 is 9.80 Å². The van der Waals surface area contributed by atoms with Crippen LogP contribution < -0.4 is 0 Å². The zero-order valence-electron chi connectivity index (χ0n) is 11.9. The van der Waals surface area contributed by atoms with Crippen molar-refractivity contribution in [2.24, 2.45) is 0 Å². The molecule has 1 amide bonds. The quantitative estimate of drug-likeness (QED) is 0.847. The highest BCUT2D eigenvalue weighted by molar-refractivity contribution is 5.94. The van der Waals surface area contributed by atoms with Crippen molar-refractivity contribution >= 4 is 5.91 Å². The Kier molecular flexibility index (Phi) is 3.74. The van der Waals surface area contributed by atoms with Gasteiger partial charge in [0.15, 0.2) is 0 Å². The molecular formula is C16H21FN2O. The molecule has 1 aliphatic heterocycles. The summed E-state index contributed by atoms with van der Waals surface area (Å²) in [6.07, 6.45) is 4.23. The molecule has 4 heteroatoms. The first-order valence-electron chi connectivity index (χ1n) is 7.42. The molecule has 0 N–H and O–H groups in total. The van der Waals surface area contributed by atoms with Gasteiger partial charge in [0.05, 0.1) is 0 Å². The predicted molar refractivity (Wildman–Crippen MR) is 76.1 cm³/mol. The number of piperidine rings is 1. The molecule has 1 aliphatic carbocycles. The van der Waals surface area contributed by atoms with Crippen LogP contribution in [-0.4, -0.2) is 47.9 Å². The minimum Gasteiger partial charge on any atom is -0.333 e. The van der Waals surface area contributed by atoms with Crippen LogP contribution in [0.4, 0.5) is 4.39 Å². The Morgan fingerprint density at radius 1 is 1.20 bits per heavy atom. The first kappa shape index (κ1) is 13.6. The van der Waals surface area contributed by atoms with Crippen LogP contribution >= 0.6 is 0 Å². The molecular weight excluding hydrogens is 255 g/mol. The molecule has 1 heterocycles. The number of hydrogen-bond donors (Lipinski definition) is 0. The van der Waals surface area contributed by atoms with Gasteiger partial charge in [0.1, 0.15) is 5.82 Å². The fourth-order valence-electron chi connectivity index (χ4n) is 3.03. The van der Waals surface area contributed by atoms with Gasteiger partial charge >= 0.3 is 0 Å². The molecule has 2 fully saturated rings. The van der Waals surface area contributed by atoms with Crippen LogP contribution in [0.25, 0.3) is 0 Å². The van der Waals surface area contributed by atoms with Gasteiger partial charge in [-0.25, -0.2) is 4.39 Å². The molecule has 1 aromatic carbocycles. The van der Waals surface area contributed by atoms with E-state index < -0.39 is 0 Å². The molecule has 1 saturated carbocycles. The lowest BCUT2D eigenvalue weighted by atomic mass is 10.0. The number of nitrogens with zero attached hydrogens (tertiary/aromatic N) is 2. The number of amides is 1. The first-order valence-corrected chi connectivity index (χ1v) is 7.42. The minimum atomic E-state index is -0.338. The monoisotopic (exact) mass is 276 g/mol. The van der Waals surface area contributed by atoms with Gasteiger partial charge in [0.2, 0.25) is 0 Å². The van der Waals surface area contributed by atoms with E-state index in [0.717, 1.165) is 38.8 Å². The molecule has 1 aromatic rings. The number of halogens is 1. The summed E-state index contributed by atoms with van der Waals surface area (Å²) in [6.45, 7) is 2.06. The van der Waals surface area contributed by atoms with E-state index in [1.807, 2.05) is 4.90 Å². The maximum Gasteiger partial charge on any atom is 0.254 e.